The Balaban J connectivity index is 0.00000420. The minimum absolute atomic E-state index is 0. The summed E-state index contributed by atoms with van der Waals surface area (Å²) < 4.78 is 16.5. The number of nitrogens with one attached hydrogen (secondary N) is 2. The van der Waals surface area contributed by atoms with Gasteiger partial charge in [-0.25, -0.2) is 9.98 Å². The molecule has 8 heteroatoms. The first kappa shape index (κ1) is 25.9. The number of pyridine rings is 1. The molecule has 0 amide bonds. The number of nitrogens with zero attached hydrogens (tertiary/aromatic N) is 2. The fourth-order valence-corrected chi connectivity index (χ4v) is 3.14. The van der Waals surface area contributed by atoms with Crippen molar-refractivity contribution in [2.75, 3.05) is 40.0 Å². The van der Waals surface area contributed by atoms with Gasteiger partial charge in [0.1, 0.15) is 6.61 Å². The van der Waals surface area contributed by atoms with E-state index in [1.807, 2.05) is 12.1 Å². The van der Waals surface area contributed by atoms with Crippen molar-refractivity contribution in [1.82, 2.24) is 15.6 Å². The van der Waals surface area contributed by atoms with E-state index in [0.717, 1.165) is 24.6 Å². The van der Waals surface area contributed by atoms with Gasteiger partial charge in [0.2, 0.25) is 5.88 Å². The van der Waals surface area contributed by atoms with Crippen LogP contribution in [0.2, 0.25) is 0 Å². The van der Waals surface area contributed by atoms with Gasteiger partial charge in [0, 0.05) is 32.5 Å². The smallest absolute Gasteiger partial charge is 0.213 e. The summed E-state index contributed by atoms with van der Waals surface area (Å²) in [5, 5.41) is 6.62. The van der Waals surface area contributed by atoms with Crippen LogP contribution in [-0.2, 0) is 16.0 Å². The molecule has 166 valence electrons. The van der Waals surface area contributed by atoms with Crippen LogP contribution >= 0.6 is 24.0 Å². The maximum Gasteiger partial charge on any atom is 0.213 e. The minimum atomic E-state index is 0. The average Bonchev–Trinajstić information content (AvgIpc) is 2.99. The minimum Gasteiger partial charge on any atom is -0.475 e. The Bertz CT molecular complexity index is 549. The molecular formula is C21H37IN4O3. The standard InChI is InChI=1S/C21H36N4O3.HI/c1-3-22-21(23-12-13-27-19-8-6-4-5-7-9-19)25-17-18-10-11-20(24-16-18)28-15-14-26-2;/h10-11,16,19H,3-9,12-15,17H2,1-2H3,(H2,22,23,25);1H. The molecule has 1 aromatic heterocycles. The van der Waals surface area contributed by atoms with Crippen LogP contribution in [0.25, 0.3) is 0 Å². The molecule has 1 saturated carbocycles. The zero-order valence-corrected chi connectivity index (χ0v) is 20.2. The maximum absolute atomic E-state index is 6.03. The van der Waals surface area contributed by atoms with Crippen molar-refractivity contribution >= 4 is 29.9 Å². The topological polar surface area (TPSA) is 77.0 Å². The van der Waals surface area contributed by atoms with Gasteiger partial charge >= 0.3 is 0 Å². The van der Waals surface area contributed by atoms with E-state index in [2.05, 4.69) is 27.5 Å². The molecule has 29 heavy (non-hydrogen) atoms. The molecule has 1 aromatic rings. The van der Waals surface area contributed by atoms with Crippen LogP contribution in [0, 0.1) is 0 Å². The zero-order valence-electron chi connectivity index (χ0n) is 17.8. The van der Waals surface area contributed by atoms with Gasteiger partial charge in [-0.1, -0.05) is 31.7 Å². The summed E-state index contributed by atoms with van der Waals surface area (Å²) in [6, 6.07) is 3.85. The molecule has 1 aliphatic rings. The molecule has 1 heterocycles. The fourth-order valence-electron chi connectivity index (χ4n) is 3.14. The van der Waals surface area contributed by atoms with Gasteiger partial charge in [-0.3, -0.25) is 0 Å². The molecule has 0 radical (unpaired) electrons. The van der Waals surface area contributed by atoms with E-state index >= 15 is 0 Å². The Morgan fingerprint density at radius 2 is 1.90 bits per heavy atom. The molecule has 0 unspecified atom stereocenters. The first-order valence-electron chi connectivity index (χ1n) is 10.5. The molecule has 1 fully saturated rings. The molecule has 0 aromatic carbocycles. The molecule has 0 spiro atoms. The van der Waals surface area contributed by atoms with Crippen LogP contribution in [0.1, 0.15) is 51.0 Å². The molecule has 0 aliphatic heterocycles. The lowest BCUT2D eigenvalue weighted by Gasteiger charge is -2.16. The van der Waals surface area contributed by atoms with E-state index in [9.17, 15) is 0 Å². The van der Waals surface area contributed by atoms with E-state index in [4.69, 9.17) is 14.2 Å². The van der Waals surface area contributed by atoms with Crippen molar-refractivity contribution in [2.24, 2.45) is 4.99 Å². The Kier molecular flexibility index (Phi) is 14.9. The second kappa shape index (κ2) is 16.6. The van der Waals surface area contributed by atoms with Crippen LogP contribution < -0.4 is 15.4 Å². The van der Waals surface area contributed by atoms with Gasteiger partial charge < -0.3 is 24.8 Å². The lowest BCUT2D eigenvalue weighted by molar-refractivity contribution is 0.0468. The quantitative estimate of drug-likeness (QED) is 0.153. The molecule has 1 aliphatic carbocycles. The Hall–Kier alpha value is -1.13. The van der Waals surface area contributed by atoms with Gasteiger partial charge in [0.15, 0.2) is 5.96 Å². The normalized spacial score (nSPS) is 15.3. The van der Waals surface area contributed by atoms with Crippen molar-refractivity contribution < 1.29 is 14.2 Å². The Morgan fingerprint density at radius 1 is 1.10 bits per heavy atom. The van der Waals surface area contributed by atoms with Gasteiger partial charge in [0.25, 0.3) is 0 Å². The SMILES string of the molecule is CCNC(=NCc1ccc(OCCOC)nc1)NCCOC1CCCCCC1.I. The van der Waals surface area contributed by atoms with E-state index in [-0.39, 0.29) is 24.0 Å². The number of rotatable bonds is 11. The highest BCUT2D eigenvalue weighted by molar-refractivity contribution is 14.0. The lowest BCUT2D eigenvalue weighted by atomic mass is 10.1. The number of ether oxygens (including phenoxy) is 3. The number of hydrogen-bond donors (Lipinski definition) is 2. The third-order valence-corrected chi connectivity index (χ3v) is 4.65. The van der Waals surface area contributed by atoms with Gasteiger partial charge in [-0.15, -0.1) is 24.0 Å². The largest absolute Gasteiger partial charge is 0.475 e. The highest BCUT2D eigenvalue weighted by Gasteiger charge is 2.12. The van der Waals surface area contributed by atoms with Gasteiger partial charge in [-0.2, -0.15) is 0 Å². The van der Waals surface area contributed by atoms with Crippen LogP contribution in [0.3, 0.4) is 0 Å². The summed E-state index contributed by atoms with van der Waals surface area (Å²) in [6.07, 6.45) is 9.93. The number of methoxy groups -OCH3 is 1. The first-order chi connectivity index (χ1) is 13.8. The Morgan fingerprint density at radius 3 is 2.55 bits per heavy atom. The third kappa shape index (κ3) is 11.6. The van der Waals surface area contributed by atoms with Crippen molar-refractivity contribution in [2.45, 2.75) is 58.1 Å². The second-order valence-electron chi connectivity index (χ2n) is 6.95. The molecule has 2 rings (SSSR count). The number of halogens is 1. The van der Waals surface area contributed by atoms with Crippen molar-refractivity contribution in [3.05, 3.63) is 23.9 Å². The third-order valence-electron chi connectivity index (χ3n) is 4.65. The summed E-state index contributed by atoms with van der Waals surface area (Å²) in [4.78, 5) is 8.93. The number of hydrogen-bond acceptors (Lipinski definition) is 5. The summed E-state index contributed by atoms with van der Waals surface area (Å²) in [5.74, 6) is 1.40. The van der Waals surface area contributed by atoms with Crippen LogP contribution in [-0.4, -0.2) is 57.1 Å². The van der Waals surface area contributed by atoms with Crippen molar-refractivity contribution in [1.29, 1.82) is 0 Å². The second-order valence-corrected chi connectivity index (χ2v) is 6.95. The van der Waals surface area contributed by atoms with E-state index in [0.29, 0.717) is 38.3 Å². The number of aromatic nitrogens is 1. The molecular weight excluding hydrogens is 483 g/mol. The highest BCUT2D eigenvalue weighted by atomic mass is 127. The summed E-state index contributed by atoms with van der Waals surface area (Å²) in [7, 11) is 1.65. The van der Waals surface area contributed by atoms with Crippen molar-refractivity contribution in [3.8, 4) is 5.88 Å². The Labute approximate surface area is 192 Å². The predicted molar refractivity (Wildman–Crippen MR) is 127 cm³/mol. The summed E-state index contributed by atoms with van der Waals surface area (Å²) in [6.45, 7) is 5.96. The van der Waals surface area contributed by atoms with Crippen LogP contribution in [0.5, 0.6) is 5.88 Å². The van der Waals surface area contributed by atoms with E-state index < -0.39 is 0 Å². The van der Waals surface area contributed by atoms with Gasteiger partial charge in [-0.05, 0) is 25.3 Å². The zero-order chi connectivity index (χ0) is 19.9. The average molecular weight is 520 g/mol. The molecule has 2 N–H and O–H groups in total. The number of guanidine groups is 1. The van der Waals surface area contributed by atoms with Crippen LogP contribution in [0.15, 0.2) is 23.3 Å². The fraction of sp³-hybridized carbons (Fsp3) is 0.714. The molecule has 7 nitrogen and oxygen atoms in total. The van der Waals surface area contributed by atoms with E-state index in [1.54, 1.807) is 13.3 Å². The predicted octanol–water partition coefficient (Wildman–Crippen LogP) is 3.52. The molecule has 0 saturated heterocycles. The number of aliphatic imine (C=N–C) groups is 1. The highest BCUT2D eigenvalue weighted by Crippen LogP contribution is 2.19. The first-order valence-corrected chi connectivity index (χ1v) is 10.5. The van der Waals surface area contributed by atoms with Crippen molar-refractivity contribution in [3.63, 3.8) is 0 Å². The van der Waals surface area contributed by atoms with Crippen LogP contribution in [0.4, 0.5) is 0 Å². The monoisotopic (exact) mass is 520 g/mol. The lowest BCUT2D eigenvalue weighted by Crippen LogP contribution is -2.39. The summed E-state index contributed by atoms with van der Waals surface area (Å²) in [5.41, 5.74) is 1.03. The summed E-state index contributed by atoms with van der Waals surface area (Å²) >= 11 is 0. The van der Waals surface area contributed by atoms with Gasteiger partial charge in [0.05, 0.1) is 25.9 Å². The molecule has 0 bridgehead atoms. The van der Waals surface area contributed by atoms with E-state index in [1.165, 1.54) is 38.5 Å². The molecule has 0 atom stereocenters. The maximum atomic E-state index is 6.03.